The molecule has 0 unspecified atom stereocenters. The number of nitro benzene ring substituents is 1. The number of halogens is 1. The summed E-state index contributed by atoms with van der Waals surface area (Å²) in [5.74, 6) is 0. The van der Waals surface area contributed by atoms with Gasteiger partial charge in [0.25, 0.3) is 11.2 Å². The zero-order valence-electron chi connectivity index (χ0n) is 14.4. The van der Waals surface area contributed by atoms with Gasteiger partial charge in [0, 0.05) is 17.2 Å². The Hall–Kier alpha value is -3.59. The van der Waals surface area contributed by atoms with Crippen molar-refractivity contribution in [3.05, 3.63) is 91.5 Å². The molecule has 2 aromatic carbocycles. The molecule has 0 atom stereocenters. The van der Waals surface area contributed by atoms with E-state index in [2.05, 4.69) is 15.3 Å². The number of nitrogens with zero attached hydrogens (tertiary/aromatic N) is 6. The molecule has 0 radical (unpaired) electrons. The highest BCUT2D eigenvalue weighted by Crippen LogP contribution is 2.14. The molecule has 0 aliphatic rings. The summed E-state index contributed by atoms with van der Waals surface area (Å²) in [6.45, 7) is 0.635. The lowest BCUT2D eigenvalue weighted by Crippen LogP contribution is -2.21. The summed E-state index contributed by atoms with van der Waals surface area (Å²) in [5, 5.41) is 19.4. The third-order valence-electron chi connectivity index (χ3n) is 4.24. The highest BCUT2D eigenvalue weighted by atomic mass is 35.5. The predicted octanol–water partition coefficient (Wildman–Crippen LogP) is 2.65. The summed E-state index contributed by atoms with van der Waals surface area (Å²) in [5.41, 5.74) is 1.91. The maximum absolute atomic E-state index is 12.7. The third-order valence-corrected chi connectivity index (χ3v) is 4.49. The van der Waals surface area contributed by atoms with E-state index in [0.717, 1.165) is 11.1 Å². The molecule has 4 aromatic rings. The summed E-state index contributed by atoms with van der Waals surface area (Å²) in [6.07, 6.45) is 1.42. The smallest absolute Gasteiger partial charge is 0.283 e. The SMILES string of the molecule is O=c1c2nnn(Cc3ccc(Cl)cc3)c2ncn1Cc1ccc([N+](=O)[O-])cc1. The van der Waals surface area contributed by atoms with Crippen molar-refractivity contribution in [2.75, 3.05) is 0 Å². The minimum Gasteiger partial charge on any atom is -0.293 e. The second-order valence-electron chi connectivity index (χ2n) is 6.15. The Labute approximate surface area is 163 Å². The lowest BCUT2D eigenvalue weighted by Gasteiger charge is -2.06. The summed E-state index contributed by atoms with van der Waals surface area (Å²) in [7, 11) is 0. The van der Waals surface area contributed by atoms with Crippen LogP contribution in [-0.4, -0.2) is 29.5 Å². The zero-order chi connectivity index (χ0) is 19.7. The van der Waals surface area contributed by atoms with Crippen LogP contribution in [0.3, 0.4) is 0 Å². The Bertz CT molecular complexity index is 1220. The van der Waals surface area contributed by atoms with Crippen LogP contribution in [0.1, 0.15) is 11.1 Å². The molecule has 0 fully saturated rings. The number of fused-ring (bicyclic) bond motifs is 1. The van der Waals surface area contributed by atoms with Crippen LogP contribution in [0.2, 0.25) is 5.02 Å². The summed E-state index contributed by atoms with van der Waals surface area (Å²) in [6, 6.07) is 13.3. The topological polar surface area (TPSA) is 109 Å². The van der Waals surface area contributed by atoms with Crippen molar-refractivity contribution < 1.29 is 4.92 Å². The zero-order valence-corrected chi connectivity index (χ0v) is 15.2. The van der Waals surface area contributed by atoms with E-state index in [4.69, 9.17) is 11.6 Å². The van der Waals surface area contributed by atoms with Crippen molar-refractivity contribution in [2.24, 2.45) is 0 Å². The van der Waals surface area contributed by atoms with E-state index in [1.54, 1.807) is 28.9 Å². The fourth-order valence-electron chi connectivity index (χ4n) is 2.79. The molecule has 0 aliphatic heterocycles. The highest BCUT2D eigenvalue weighted by Gasteiger charge is 2.13. The lowest BCUT2D eigenvalue weighted by molar-refractivity contribution is -0.384. The van der Waals surface area contributed by atoms with Gasteiger partial charge in [-0.3, -0.25) is 19.5 Å². The van der Waals surface area contributed by atoms with Crippen LogP contribution >= 0.6 is 11.6 Å². The molecular weight excluding hydrogens is 384 g/mol. The molecule has 2 aromatic heterocycles. The Kier molecular flexibility index (Phi) is 4.58. The van der Waals surface area contributed by atoms with Crippen LogP contribution in [0, 0.1) is 10.1 Å². The second kappa shape index (κ2) is 7.20. The second-order valence-corrected chi connectivity index (χ2v) is 6.58. The Morgan fingerprint density at radius 1 is 1.00 bits per heavy atom. The summed E-state index contributed by atoms with van der Waals surface area (Å²) < 4.78 is 2.95. The number of aromatic nitrogens is 5. The van der Waals surface area contributed by atoms with E-state index in [1.807, 2.05) is 12.1 Å². The van der Waals surface area contributed by atoms with E-state index in [-0.39, 0.29) is 23.3 Å². The van der Waals surface area contributed by atoms with Crippen molar-refractivity contribution >= 4 is 28.5 Å². The van der Waals surface area contributed by atoms with Crippen molar-refractivity contribution in [1.82, 2.24) is 24.5 Å². The molecule has 4 rings (SSSR count). The molecule has 28 heavy (non-hydrogen) atoms. The Morgan fingerprint density at radius 3 is 2.32 bits per heavy atom. The number of hydrogen-bond acceptors (Lipinski definition) is 6. The minimum absolute atomic E-state index is 0.00480. The first kappa shape index (κ1) is 17.8. The molecule has 10 heteroatoms. The molecule has 0 N–H and O–H groups in total. The number of hydrogen-bond donors (Lipinski definition) is 0. The van der Waals surface area contributed by atoms with Gasteiger partial charge in [-0.2, -0.15) is 0 Å². The molecule has 0 amide bonds. The molecule has 0 saturated heterocycles. The van der Waals surface area contributed by atoms with Gasteiger partial charge in [-0.25, -0.2) is 9.67 Å². The van der Waals surface area contributed by atoms with E-state index in [1.165, 1.54) is 23.0 Å². The van der Waals surface area contributed by atoms with Crippen LogP contribution in [0.5, 0.6) is 0 Å². The first-order valence-corrected chi connectivity index (χ1v) is 8.65. The van der Waals surface area contributed by atoms with Gasteiger partial charge < -0.3 is 0 Å². The van der Waals surface area contributed by atoms with Gasteiger partial charge in [0.15, 0.2) is 11.2 Å². The molecule has 0 spiro atoms. The quantitative estimate of drug-likeness (QED) is 0.379. The molecule has 2 heterocycles. The van der Waals surface area contributed by atoms with Gasteiger partial charge in [0.2, 0.25) is 0 Å². The average molecular weight is 397 g/mol. The van der Waals surface area contributed by atoms with Crippen LogP contribution < -0.4 is 5.56 Å². The Morgan fingerprint density at radius 2 is 1.64 bits per heavy atom. The molecule has 9 nitrogen and oxygen atoms in total. The monoisotopic (exact) mass is 396 g/mol. The Balaban J connectivity index is 1.61. The van der Waals surface area contributed by atoms with Gasteiger partial charge >= 0.3 is 0 Å². The predicted molar refractivity (Wildman–Crippen MR) is 102 cm³/mol. The van der Waals surface area contributed by atoms with Crippen molar-refractivity contribution in [2.45, 2.75) is 13.1 Å². The van der Waals surface area contributed by atoms with Gasteiger partial charge in [0.1, 0.15) is 6.33 Å². The first-order chi connectivity index (χ1) is 13.5. The largest absolute Gasteiger partial charge is 0.293 e. The van der Waals surface area contributed by atoms with E-state index in [0.29, 0.717) is 17.2 Å². The molecule has 0 aliphatic carbocycles. The third kappa shape index (κ3) is 3.47. The first-order valence-electron chi connectivity index (χ1n) is 8.27. The maximum atomic E-state index is 12.7. The van der Waals surface area contributed by atoms with Gasteiger partial charge in [-0.05, 0) is 23.3 Å². The average Bonchev–Trinajstić information content (AvgIpc) is 3.10. The fourth-order valence-corrected chi connectivity index (χ4v) is 2.91. The van der Waals surface area contributed by atoms with E-state index >= 15 is 0 Å². The standard InChI is InChI=1S/C18H13ClN6O3/c19-14-5-1-13(2-6-14)10-24-17-16(21-22-24)18(26)23(11-20-17)9-12-3-7-15(8-4-12)25(27)28/h1-8,11H,9-10H2. The van der Waals surface area contributed by atoms with Gasteiger partial charge in [0.05, 0.1) is 18.0 Å². The molecule has 0 bridgehead atoms. The fraction of sp³-hybridized carbons (Fsp3) is 0.111. The normalized spacial score (nSPS) is 11.0. The number of rotatable bonds is 5. The van der Waals surface area contributed by atoms with Crippen LogP contribution in [0.4, 0.5) is 5.69 Å². The lowest BCUT2D eigenvalue weighted by atomic mass is 10.2. The number of non-ortho nitro benzene ring substituents is 1. The molecular formula is C18H13ClN6O3. The molecule has 0 saturated carbocycles. The minimum atomic E-state index is -0.470. The van der Waals surface area contributed by atoms with Gasteiger partial charge in [-0.15, -0.1) is 5.10 Å². The van der Waals surface area contributed by atoms with Crippen LogP contribution in [0.25, 0.3) is 11.2 Å². The van der Waals surface area contributed by atoms with Crippen LogP contribution in [0.15, 0.2) is 59.7 Å². The van der Waals surface area contributed by atoms with Crippen LogP contribution in [-0.2, 0) is 13.1 Å². The summed E-state index contributed by atoms with van der Waals surface area (Å²) >= 11 is 5.89. The maximum Gasteiger partial charge on any atom is 0.283 e. The van der Waals surface area contributed by atoms with Crippen molar-refractivity contribution in [1.29, 1.82) is 0 Å². The van der Waals surface area contributed by atoms with E-state index < -0.39 is 4.92 Å². The van der Waals surface area contributed by atoms with Gasteiger partial charge in [-0.1, -0.05) is 41.1 Å². The van der Waals surface area contributed by atoms with Crippen molar-refractivity contribution in [3.63, 3.8) is 0 Å². The highest BCUT2D eigenvalue weighted by molar-refractivity contribution is 6.30. The number of benzene rings is 2. The molecule has 140 valence electrons. The van der Waals surface area contributed by atoms with E-state index in [9.17, 15) is 14.9 Å². The summed E-state index contributed by atoms with van der Waals surface area (Å²) in [4.78, 5) is 27.3. The number of nitro groups is 1. The van der Waals surface area contributed by atoms with Crippen molar-refractivity contribution in [3.8, 4) is 0 Å².